The van der Waals surface area contributed by atoms with Gasteiger partial charge in [0.25, 0.3) is 0 Å². The van der Waals surface area contributed by atoms with Gasteiger partial charge in [0.05, 0.1) is 13.5 Å². The van der Waals surface area contributed by atoms with Gasteiger partial charge in [0, 0.05) is 4.47 Å². The summed E-state index contributed by atoms with van der Waals surface area (Å²) < 4.78 is 5.84. The van der Waals surface area contributed by atoms with Gasteiger partial charge in [-0.15, -0.1) is 0 Å². The van der Waals surface area contributed by atoms with Crippen molar-refractivity contribution in [3.05, 3.63) is 28.2 Å². The number of rotatable bonds is 5. The minimum absolute atomic E-state index is 0.0927. The number of amides is 1. The number of hydrogen-bond donors (Lipinski definition) is 2. The molecule has 0 aliphatic rings. The van der Waals surface area contributed by atoms with Crippen LogP contribution in [0, 0.1) is 0 Å². The van der Waals surface area contributed by atoms with E-state index >= 15 is 0 Å². The molecule has 0 saturated carbocycles. The second-order valence-electron chi connectivity index (χ2n) is 3.76. The van der Waals surface area contributed by atoms with Crippen LogP contribution in [-0.2, 0) is 16.0 Å². The molecule has 1 amide bonds. The maximum atomic E-state index is 11.6. The summed E-state index contributed by atoms with van der Waals surface area (Å²) in [6.45, 7) is 1.42. The number of carboxylic acids is 1. The third-order valence-corrected chi connectivity index (χ3v) is 3.13. The first-order valence-corrected chi connectivity index (χ1v) is 6.08. The Bertz CT molecular complexity index is 461. The maximum absolute atomic E-state index is 11.6. The Labute approximate surface area is 113 Å². The summed E-state index contributed by atoms with van der Waals surface area (Å²) >= 11 is 3.33. The summed E-state index contributed by atoms with van der Waals surface area (Å²) in [6.07, 6.45) is 0.0927. The third-order valence-electron chi connectivity index (χ3n) is 2.35. The summed E-state index contributed by atoms with van der Waals surface area (Å²) in [4.78, 5) is 22.3. The normalized spacial score (nSPS) is 11.7. The average molecular weight is 316 g/mol. The number of aliphatic carboxylic acids is 1. The second-order valence-corrected chi connectivity index (χ2v) is 4.62. The SMILES string of the molecule is COc1ccc(Br)c(CC(=O)NC(C)C(=O)O)c1. The van der Waals surface area contributed by atoms with Crippen molar-refractivity contribution < 1.29 is 19.4 Å². The second kappa shape index (κ2) is 6.39. The molecular weight excluding hydrogens is 302 g/mol. The van der Waals surface area contributed by atoms with Crippen LogP contribution in [0.5, 0.6) is 5.75 Å². The molecule has 0 bridgehead atoms. The number of carbonyl (C=O) groups excluding carboxylic acids is 1. The van der Waals surface area contributed by atoms with E-state index in [1.165, 1.54) is 6.92 Å². The van der Waals surface area contributed by atoms with E-state index in [1.54, 1.807) is 25.3 Å². The zero-order chi connectivity index (χ0) is 13.7. The van der Waals surface area contributed by atoms with Crippen LogP contribution in [0.4, 0.5) is 0 Å². The van der Waals surface area contributed by atoms with E-state index in [0.29, 0.717) is 5.75 Å². The Hall–Kier alpha value is -1.56. The van der Waals surface area contributed by atoms with Crippen molar-refractivity contribution >= 4 is 27.8 Å². The standard InChI is InChI=1S/C12H14BrNO4/c1-7(12(16)17)14-11(15)6-8-5-9(18-2)3-4-10(8)13/h3-5,7H,6H2,1-2H3,(H,14,15)(H,16,17). The van der Waals surface area contributed by atoms with Gasteiger partial charge in [0.1, 0.15) is 11.8 Å². The van der Waals surface area contributed by atoms with Crippen LogP contribution in [0.15, 0.2) is 22.7 Å². The molecule has 0 fully saturated rings. The fraction of sp³-hybridized carbons (Fsp3) is 0.333. The molecule has 1 aromatic rings. The Morgan fingerprint density at radius 1 is 1.50 bits per heavy atom. The van der Waals surface area contributed by atoms with Crippen molar-refractivity contribution in [2.24, 2.45) is 0 Å². The Balaban J connectivity index is 2.72. The van der Waals surface area contributed by atoms with E-state index in [1.807, 2.05) is 0 Å². The van der Waals surface area contributed by atoms with Crippen LogP contribution < -0.4 is 10.1 Å². The lowest BCUT2D eigenvalue weighted by Gasteiger charge is -2.10. The van der Waals surface area contributed by atoms with Crippen molar-refractivity contribution in [3.8, 4) is 5.75 Å². The molecular formula is C12H14BrNO4. The predicted octanol–water partition coefficient (Wildman–Crippen LogP) is 1.59. The van der Waals surface area contributed by atoms with Crippen LogP contribution in [0.2, 0.25) is 0 Å². The summed E-state index contributed by atoms with van der Waals surface area (Å²) in [5.74, 6) is -0.765. The van der Waals surface area contributed by atoms with Crippen molar-refractivity contribution in [1.82, 2.24) is 5.32 Å². The Morgan fingerprint density at radius 2 is 2.17 bits per heavy atom. The first-order chi connectivity index (χ1) is 8.43. The first kappa shape index (κ1) is 14.5. The molecule has 1 rings (SSSR count). The largest absolute Gasteiger partial charge is 0.497 e. The van der Waals surface area contributed by atoms with Gasteiger partial charge in [-0.2, -0.15) is 0 Å². The number of carbonyl (C=O) groups is 2. The van der Waals surface area contributed by atoms with E-state index in [2.05, 4.69) is 21.2 Å². The van der Waals surface area contributed by atoms with E-state index in [-0.39, 0.29) is 12.3 Å². The lowest BCUT2D eigenvalue weighted by atomic mass is 10.1. The van der Waals surface area contributed by atoms with Crippen molar-refractivity contribution in [2.45, 2.75) is 19.4 Å². The monoisotopic (exact) mass is 315 g/mol. The fourth-order valence-corrected chi connectivity index (χ4v) is 1.73. The number of benzene rings is 1. The van der Waals surface area contributed by atoms with Gasteiger partial charge in [-0.3, -0.25) is 9.59 Å². The molecule has 2 N–H and O–H groups in total. The van der Waals surface area contributed by atoms with Gasteiger partial charge in [-0.25, -0.2) is 0 Å². The average Bonchev–Trinajstić information content (AvgIpc) is 2.31. The van der Waals surface area contributed by atoms with Crippen LogP contribution in [0.25, 0.3) is 0 Å². The number of methoxy groups -OCH3 is 1. The molecule has 1 aromatic carbocycles. The fourth-order valence-electron chi connectivity index (χ4n) is 1.34. The minimum Gasteiger partial charge on any atom is -0.497 e. The molecule has 0 aliphatic carbocycles. The smallest absolute Gasteiger partial charge is 0.325 e. The van der Waals surface area contributed by atoms with Gasteiger partial charge in [0.2, 0.25) is 5.91 Å². The number of nitrogens with one attached hydrogen (secondary N) is 1. The molecule has 0 radical (unpaired) electrons. The maximum Gasteiger partial charge on any atom is 0.325 e. The molecule has 0 saturated heterocycles. The van der Waals surface area contributed by atoms with Gasteiger partial charge >= 0.3 is 5.97 Å². The van der Waals surface area contributed by atoms with Crippen molar-refractivity contribution in [3.63, 3.8) is 0 Å². The van der Waals surface area contributed by atoms with Crippen molar-refractivity contribution in [1.29, 1.82) is 0 Å². The summed E-state index contributed by atoms with van der Waals surface area (Å²) in [5, 5.41) is 11.1. The van der Waals surface area contributed by atoms with Gasteiger partial charge < -0.3 is 15.2 Å². The Morgan fingerprint density at radius 3 is 2.72 bits per heavy atom. The van der Waals surface area contributed by atoms with Gasteiger partial charge in [-0.1, -0.05) is 15.9 Å². The van der Waals surface area contributed by atoms with Crippen LogP contribution in [0.1, 0.15) is 12.5 Å². The third kappa shape index (κ3) is 4.03. The van der Waals surface area contributed by atoms with Crippen LogP contribution in [-0.4, -0.2) is 30.1 Å². The molecule has 1 unspecified atom stereocenters. The molecule has 0 aromatic heterocycles. The van der Waals surface area contributed by atoms with Crippen LogP contribution >= 0.6 is 15.9 Å². The van der Waals surface area contributed by atoms with Gasteiger partial charge in [-0.05, 0) is 30.7 Å². The highest BCUT2D eigenvalue weighted by molar-refractivity contribution is 9.10. The lowest BCUT2D eigenvalue weighted by molar-refractivity contribution is -0.141. The number of hydrogen-bond acceptors (Lipinski definition) is 3. The zero-order valence-corrected chi connectivity index (χ0v) is 11.7. The highest BCUT2D eigenvalue weighted by Crippen LogP contribution is 2.22. The highest BCUT2D eigenvalue weighted by atomic mass is 79.9. The molecule has 5 nitrogen and oxygen atoms in total. The van der Waals surface area contributed by atoms with E-state index in [0.717, 1.165) is 10.0 Å². The molecule has 18 heavy (non-hydrogen) atoms. The lowest BCUT2D eigenvalue weighted by Crippen LogP contribution is -2.39. The zero-order valence-electron chi connectivity index (χ0n) is 10.1. The van der Waals surface area contributed by atoms with E-state index in [9.17, 15) is 9.59 Å². The summed E-state index contributed by atoms with van der Waals surface area (Å²) in [7, 11) is 1.54. The number of ether oxygens (including phenoxy) is 1. The molecule has 1 atom stereocenters. The molecule has 0 heterocycles. The van der Waals surface area contributed by atoms with Crippen molar-refractivity contribution in [2.75, 3.05) is 7.11 Å². The number of carboxylic acid groups (broad SMARTS) is 1. The summed E-state index contributed by atoms with van der Waals surface area (Å²) in [6, 6.07) is 4.38. The minimum atomic E-state index is -1.06. The van der Waals surface area contributed by atoms with Crippen LogP contribution in [0.3, 0.4) is 0 Å². The topological polar surface area (TPSA) is 75.6 Å². The van der Waals surface area contributed by atoms with Gasteiger partial charge in [0.15, 0.2) is 0 Å². The quantitative estimate of drug-likeness (QED) is 0.865. The number of halogens is 1. The van der Waals surface area contributed by atoms with E-state index in [4.69, 9.17) is 9.84 Å². The molecule has 0 spiro atoms. The Kier molecular flexibility index (Phi) is 5.15. The summed E-state index contributed by atoms with van der Waals surface area (Å²) in [5.41, 5.74) is 0.740. The highest BCUT2D eigenvalue weighted by Gasteiger charge is 2.15. The predicted molar refractivity (Wildman–Crippen MR) is 69.6 cm³/mol. The first-order valence-electron chi connectivity index (χ1n) is 5.28. The molecule has 98 valence electrons. The molecule has 0 aliphatic heterocycles. The van der Waals surface area contributed by atoms with E-state index < -0.39 is 12.0 Å². The molecule has 6 heteroatoms.